The number of sulfonamides is 1. The number of hydrogen-bond donors (Lipinski definition) is 0. The van der Waals surface area contributed by atoms with Crippen LogP contribution in [0.2, 0.25) is 5.15 Å². The maximum atomic E-state index is 12.9. The molecule has 0 saturated carbocycles. The minimum atomic E-state index is -3.79. The predicted octanol–water partition coefficient (Wildman–Crippen LogP) is 3.38. The molecule has 0 N–H and O–H groups in total. The van der Waals surface area contributed by atoms with Crippen molar-refractivity contribution in [3.05, 3.63) is 59.7 Å². The predicted molar refractivity (Wildman–Crippen MR) is 96.8 cm³/mol. The number of rotatable bonds is 6. The van der Waals surface area contributed by atoms with E-state index in [2.05, 4.69) is 15.2 Å². The minimum Gasteiger partial charge on any atom is -0.419 e. The molecule has 0 aliphatic heterocycles. The summed E-state index contributed by atoms with van der Waals surface area (Å²) in [5.41, 5.74) is 0.770. The number of nitrogens with zero attached hydrogens (tertiary/aromatic N) is 4. The van der Waals surface area contributed by atoms with Crippen LogP contribution in [0.15, 0.2) is 58.0 Å². The average molecular weight is 393 g/mol. The first-order valence-corrected chi connectivity index (χ1v) is 9.71. The summed E-state index contributed by atoms with van der Waals surface area (Å²) >= 11 is 5.74. The van der Waals surface area contributed by atoms with E-state index < -0.39 is 10.0 Å². The highest BCUT2D eigenvalue weighted by Crippen LogP contribution is 2.23. The molecule has 26 heavy (non-hydrogen) atoms. The molecule has 0 saturated heterocycles. The number of aromatic nitrogens is 3. The second-order valence-corrected chi connectivity index (χ2v) is 8.11. The van der Waals surface area contributed by atoms with Gasteiger partial charge in [-0.2, -0.15) is 4.31 Å². The first-order valence-electron chi connectivity index (χ1n) is 7.89. The molecule has 0 amide bonds. The molecule has 0 radical (unpaired) electrons. The molecule has 0 fully saturated rings. The second-order valence-electron chi connectivity index (χ2n) is 5.83. The van der Waals surface area contributed by atoms with Gasteiger partial charge in [-0.25, -0.2) is 13.4 Å². The Morgan fingerprint density at radius 1 is 1.12 bits per heavy atom. The number of hydrogen-bond acceptors (Lipinski definition) is 6. The first kappa shape index (κ1) is 18.5. The van der Waals surface area contributed by atoms with Crippen molar-refractivity contribution >= 4 is 21.6 Å². The molecule has 3 aromatic rings. The van der Waals surface area contributed by atoms with Gasteiger partial charge in [0.25, 0.3) is 0 Å². The summed E-state index contributed by atoms with van der Waals surface area (Å²) in [7, 11) is -3.79. The van der Waals surface area contributed by atoms with Crippen molar-refractivity contribution in [1.82, 2.24) is 19.5 Å². The molecule has 2 aromatic heterocycles. The van der Waals surface area contributed by atoms with E-state index in [1.807, 2.05) is 30.3 Å². The van der Waals surface area contributed by atoms with Crippen molar-refractivity contribution in [3.8, 4) is 11.5 Å². The molecule has 7 nitrogen and oxygen atoms in total. The van der Waals surface area contributed by atoms with Crippen LogP contribution in [0.1, 0.15) is 19.7 Å². The highest BCUT2D eigenvalue weighted by Gasteiger charge is 2.29. The van der Waals surface area contributed by atoms with Gasteiger partial charge in [-0.05, 0) is 38.1 Å². The third-order valence-corrected chi connectivity index (χ3v) is 5.89. The van der Waals surface area contributed by atoms with E-state index in [0.29, 0.717) is 5.89 Å². The maximum Gasteiger partial charge on any atom is 0.247 e. The van der Waals surface area contributed by atoms with Crippen LogP contribution in [0.25, 0.3) is 11.5 Å². The molecule has 136 valence electrons. The molecule has 9 heteroatoms. The molecule has 0 bridgehead atoms. The molecule has 0 atom stereocenters. The highest BCUT2D eigenvalue weighted by atomic mass is 35.5. The van der Waals surface area contributed by atoms with E-state index >= 15 is 0 Å². The number of halogens is 1. The Hall–Kier alpha value is -2.29. The van der Waals surface area contributed by atoms with Crippen LogP contribution in [0, 0.1) is 0 Å². The zero-order valence-electron chi connectivity index (χ0n) is 14.2. The third kappa shape index (κ3) is 3.92. The molecular weight excluding hydrogens is 376 g/mol. The van der Waals surface area contributed by atoms with Crippen LogP contribution in [0.4, 0.5) is 0 Å². The Kier molecular flexibility index (Phi) is 5.36. The quantitative estimate of drug-likeness (QED) is 0.597. The lowest BCUT2D eigenvalue weighted by atomic mass is 10.2. The van der Waals surface area contributed by atoms with Gasteiger partial charge < -0.3 is 4.42 Å². The largest absolute Gasteiger partial charge is 0.419 e. The first-order chi connectivity index (χ1) is 12.4. The molecule has 1 aromatic carbocycles. The molecule has 0 aliphatic rings. The van der Waals surface area contributed by atoms with Gasteiger partial charge >= 0.3 is 0 Å². The van der Waals surface area contributed by atoms with Gasteiger partial charge in [-0.15, -0.1) is 10.2 Å². The summed E-state index contributed by atoms with van der Waals surface area (Å²) in [6.45, 7) is 3.51. The van der Waals surface area contributed by atoms with E-state index in [1.165, 1.54) is 22.6 Å². The van der Waals surface area contributed by atoms with Crippen LogP contribution in [-0.4, -0.2) is 33.9 Å². The molecule has 0 unspecified atom stereocenters. The normalized spacial score (nSPS) is 12.0. The topological polar surface area (TPSA) is 89.2 Å². The van der Waals surface area contributed by atoms with Crippen molar-refractivity contribution < 1.29 is 12.8 Å². The van der Waals surface area contributed by atoms with Crippen LogP contribution >= 0.6 is 11.6 Å². The Bertz CT molecular complexity index is 973. The zero-order valence-corrected chi connectivity index (χ0v) is 15.8. The summed E-state index contributed by atoms with van der Waals surface area (Å²) in [6.07, 6.45) is 1.23. The van der Waals surface area contributed by atoms with E-state index in [1.54, 1.807) is 13.8 Å². The summed E-state index contributed by atoms with van der Waals surface area (Å²) in [5, 5.41) is 8.20. The van der Waals surface area contributed by atoms with Crippen molar-refractivity contribution in [3.63, 3.8) is 0 Å². The van der Waals surface area contributed by atoms with Crippen LogP contribution < -0.4 is 0 Å². The summed E-state index contributed by atoms with van der Waals surface area (Å²) in [6, 6.07) is 11.8. The van der Waals surface area contributed by atoms with Gasteiger partial charge in [-0.3, -0.25) is 0 Å². The Morgan fingerprint density at radius 3 is 2.46 bits per heavy atom. The van der Waals surface area contributed by atoms with Gasteiger partial charge in [0.15, 0.2) is 0 Å². The van der Waals surface area contributed by atoms with Gasteiger partial charge in [-0.1, -0.05) is 29.8 Å². The Morgan fingerprint density at radius 2 is 1.85 bits per heavy atom. The average Bonchev–Trinajstić information content (AvgIpc) is 3.09. The van der Waals surface area contributed by atoms with Gasteiger partial charge in [0.05, 0.1) is 6.54 Å². The van der Waals surface area contributed by atoms with E-state index in [4.69, 9.17) is 16.0 Å². The summed E-state index contributed by atoms with van der Waals surface area (Å²) in [5.74, 6) is 0.554. The van der Waals surface area contributed by atoms with Crippen molar-refractivity contribution in [1.29, 1.82) is 0 Å². The van der Waals surface area contributed by atoms with E-state index in [9.17, 15) is 8.42 Å². The number of pyridine rings is 1. The molecule has 0 aliphatic carbocycles. The fraction of sp³-hybridized carbons (Fsp3) is 0.235. The summed E-state index contributed by atoms with van der Waals surface area (Å²) < 4.78 is 32.8. The van der Waals surface area contributed by atoms with Crippen LogP contribution in [-0.2, 0) is 16.6 Å². The lowest BCUT2D eigenvalue weighted by molar-refractivity contribution is 0.313. The lowest BCUT2D eigenvalue weighted by Crippen LogP contribution is -2.36. The zero-order chi connectivity index (χ0) is 18.7. The fourth-order valence-electron chi connectivity index (χ4n) is 2.34. The smallest absolute Gasteiger partial charge is 0.247 e. The molecule has 2 heterocycles. The Labute approximate surface area is 156 Å². The standard InChI is InChI=1S/C17H17ClN4O3S/c1-12(2)22(26(23,24)14-8-9-15(18)19-10-14)11-16-20-21-17(25-16)13-6-4-3-5-7-13/h3-10,12H,11H2,1-2H3. The van der Waals surface area contributed by atoms with Gasteiger partial charge in [0.1, 0.15) is 10.0 Å². The van der Waals surface area contributed by atoms with E-state index in [0.717, 1.165) is 5.56 Å². The SMILES string of the molecule is CC(C)N(Cc1nnc(-c2ccccc2)o1)S(=O)(=O)c1ccc(Cl)nc1. The maximum absolute atomic E-state index is 12.9. The van der Waals surface area contributed by atoms with Gasteiger partial charge in [0, 0.05) is 17.8 Å². The van der Waals surface area contributed by atoms with Gasteiger partial charge in [0.2, 0.25) is 21.8 Å². The van der Waals surface area contributed by atoms with Crippen molar-refractivity contribution in [2.45, 2.75) is 31.3 Å². The summed E-state index contributed by atoms with van der Waals surface area (Å²) in [4.78, 5) is 3.90. The molecular formula is C17H17ClN4O3S. The lowest BCUT2D eigenvalue weighted by Gasteiger charge is -2.24. The molecule has 3 rings (SSSR count). The van der Waals surface area contributed by atoms with Crippen LogP contribution in [0.5, 0.6) is 0 Å². The van der Waals surface area contributed by atoms with Crippen molar-refractivity contribution in [2.75, 3.05) is 0 Å². The second kappa shape index (κ2) is 7.53. The van der Waals surface area contributed by atoms with E-state index in [-0.39, 0.29) is 28.5 Å². The van der Waals surface area contributed by atoms with Crippen molar-refractivity contribution in [2.24, 2.45) is 0 Å². The third-order valence-electron chi connectivity index (χ3n) is 3.66. The monoisotopic (exact) mass is 392 g/mol. The van der Waals surface area contributed by atoms with Crippen LogP contribution in [0.3, 0.4) is 0 Å². The number of benzene rings is 1. The highest BCUT2D eigenvalue weighted by molar-refractivity contribution is 7.89. The molecule has 0 spiro atoms. The fourth-order valence-corrected chi connectivity index (χ4v) is 3.99. The minimum absolute atomic E-state index is 0.0392. The Balaban J connectivity index is 1.88.